The van der Waals surface area contributed by atoms with Crippen LogP contribution in [0.15, 0.2) is 64.2 Å². The number of carbonyl (C=O) groups is 3. The number of anilines is 1. The van der Waals surface area contributed by atoms with Crippen LogP contribution in [-0.4, -0.2) is 60.8 Å². The number of thiophene rings is 1. The van der Waals surface area contributed by atoms with Gasteiger partial charge in [-0.2, -0.15) is 4.31 Å². The number of sulfonamides is 1. The second-order valence-electron chi connectivity index (χ2n) is 10.5. The molecule has 3 fully saturated rings. The topological polar surface area (TPSA) is 124 Å². The first kappa shape index (κ1) is 30.5. The largest absolute Gasteiger partial charge is 0.480 e. The lowest BCUT2D eigenvalue weighted by Crippen LogP contribution is -2.63. The van der Waals surface area contributed by atoms with Crippen molar-refractivity contribution in [1.82, 2.24) is 9.62 Å². The molecular weight excluding hydrogens is 621 g/mol. The van der Waals surface area contributed by atoms with Crippen LogP contribution in [0, 0.1) is 5.92 Å². The number of piperidine rings is 2. The molecule has 2 aliphatic heterocycles. The van der Waals surface area contributed by atoms with E-state index in [0.29, 0.717) is 36.9 Å². The molecule has 2 saturated heterocycles. The van der Waals surface area contributed by atoms with Crippen molar-refractivity contribution in [1.29, 1.82) is 0 Å². The normalized spacial score (nSPS) is 21.1. The maximum Gasteiger partial charge on any atom is 0.326 e. The van der Waals surface area contributed by atoms with Crippen molar-refractivity contribution < 1.29 is 27.9 Å². The molecule has 2 aromatic carbocycles. The van der Waals surface area contributed by atoms with Crippen molar-refractivity contribution in [2.75, 3.05) is 11.9 Å². The second-order valence-corrected chi connectivity index (χ2v) is 14.3. The van der Waals surface area contributed by atoms with E-state index in [1.54, 1.807) is 61.0 Å². The monoisotopic (exact) mass is 649 g/mol. The minimum atomic E-state index is -3.91. The zero-order valence-electron chi connectivity index (χ0n) is 22.6. The number of carboxylic acid groups (broad SMARTS) is 1. The predicted octanol–water partition coefficient (Wildman–Crippen LogP) is 5.08. The van der Waals surface area contributed by atoms with Crippen molar-refractivity contribution in [2.24, 2.45) is 5.92 Å². The van der Waals surface area contributed by atoms with Gasteiger partial charge >= 0.3 is 5.97 Å². The number of rotatable bonds is 9. The Kier molecular flexibility index (Phi) is 8.96. The van der Waals surface area contributed by atoms with Crippen LogP contribution in [0.4, 0.5) is 5.69 Å². The molecule has 6 rings (SSSR count). The van der Waals surface area contributed by atoms with Gasteiger partial charge in [0.2, 0.25) is 5.91 Å². The van der Waals surface area contributed by atoms with Crippen LogP contribution in [-0.2, 0) is 26.0 Å². The lowest BCUT2D eigenvalue weighted by molar-refractivity contribution is -0.143. The fourth-order valence-electron chi connectivity index (χ4n) is 5.83. The smallest absolute Gasteiger partial charge is 0.326 e. The molecule has 0 radical (unpaired) electrons. The highest BCUT2D eigenvalue weighted by Crippen LogP contribution is 2.43. The molecule has 1 aromatic heterocycles. The molecule has 2 unspecified atom stereocenters. The van der Waals surface area contributed by atoms with Gasteiger partial charge in [0.15, 0.2) is 0 Å². The Morgan fingerprint density at radius 2 is 1.67 bits per heavy atom. The van der Waals surface area contributed by atoms with Crippen LogP contribution in [0.2, 0.25) is 10.0 Å². The summed E-state index contributed by atoms with van der Waals surface area (Å²) < 4.78 is 28.5. The summed E-state index contributed by atoms with van der Waals surface area (Å²) in [5, 5.41) is 14.7. The van der Waals surface area contributed by atoms with E-state index in [9.17, 15) is 27.9 Å². The summed E-state index contributed by atoms with van der Waals surface area (Å²) in [4.78, 5) is 40.2. The van der Waals surface area contributed by atoms with Gasteiger partial charge in [-0.3, -0.25) is 9.59 Å². The van der Waals surface area contributed by atoms with Crippen LogP contribution in [0.3, 0.4) is 0 Å². The average Bonchev–Trinajstić information content (AvgIpc) is 3.53. The number of benzene rings is 2. The van der Waals surface area contributed by atoms with Crippen molar-refractivity contribution in [3.63, 3.8) is 0 Å². The molecule has 9 nitrogen and oxygen atoms in total. The van der Waals surface area contributed by atoms with Gasteiger partial charge in [-0.25, -0.2) is 13.2 Å². The second kappa shape index (κ2) is 12.3. The lowest BCUT2D eigenvalue weighted by atomic mass is 9.76. The van der Waals surface area contributed by atoms with Crippen molar-refractivity contribution in [3.05, 3.63) is 81.1 Å². The lowest BCUT2D eigenvalue weighted by Gasteiger charge is -2.49. The highest BCUT2D eigenvalue weighted by atomic mass is 35.5. The number of amides is 2. The molecule has 222 valence electrons. The molecule has 2 atom stereocenters. The quantitative estimate of drug-likeness (QED) is 0.333. The van der Waals surface area contributed by atoms with Crippen LogP contribution < -0.4 is 10.2 Å². The number of fused-ring (bicyclic) bond motifs is 3. The number of carboxylic acids is 1. The van der Waals surface area contributed by atoms with E-state index in [2.05, 4.69) is 5.32 Å². The van der Waals surface area contributed by atoms with Crippen LogP contribution >= 0.6 is 34.5 Å². The van der Waals surface area contributed by atoms with Crippen molar-refractivity contribution in [3.8, 4) is 0 Å². The van der Waals surface area contributed by atoms with E-state index in [1.807, 2.05) is 0 Å². The molecule has 2 amide bonds. The number of halogens is 2. The average molecular weight is 651 g/mol. The minimum absolute atomic E-state index is 0.0339. The van der Waals surface area contributed by atoms with Crippen molar-refractivity contribution >= 4 is 68.0 Å². The Morgan fingerprint density at radius 1 is 1.02 bits per heavy atom. The molecule has 1 aliphatic carbocycles. The maximum absolute atomic E-state index is 13.6. The third kappa shape index (κ3) is 5.93. The van der Waals surface area contributed by atoms with E-state index < -0.39 is 39.9 Å². The first-order chi connectivity index (χ1) is 20.0. The fraction of sp³-hybridized carbons (Fsp3) is 0.345. The molecule has 13 heteroatoms. The summed E-state index contributed by atoms with van der Waals surface area (Å²) in [5.74, 6) is -2.42. The number of carbonyl (C=O) groups excluding carboxylic acids is 2. The summed E-state index contributed by atoms with van der Waals surface area (Å²) >= 11 is 13.5. The van der Waals surface area contributed by atoms with E-state index in [0.717, 1.165) is 11.3 Å². The van der Waals surface area contributed by atoms with E-state index >= 15 is 0 Å². The number of hydrogen-bond donors (Lipinski definition) is 2. The molecule has 42 heavy (non-hydrogen) atoms. The van der Waals surface area contributed by atoms with Gasteiger partial charge in [-0.05, 0) is 72.9 Å². The Balaban J connectivity index is 1.31. The summed E-state index contributed by atoms with van der Waals surface area (Å²) in [6, 6.07) is 12.1. The number of hydrogen-bond acceptors (Lipinski definition) is 6. The molecule has 1 saturated carbocycles. The summed E-state index contributed by atoms with van der Waals surface area (Å²) in [6.07, 6.45) is 2.74. The van der Waals surface area contributed by atoms with E-state index in [-0.39, 0.29) is 38.2 Å². The summed E-state index contributed by atoms with van der Waals surface area (Å²) in [7, 11) is -2.33. The minimum Gasteiger partial charge on any atom is -0.480 e. The number of nitrogens with zero attached hydrogens (tertiary/aromatic N) is 2. The zero-order chi connectivity index (χ0) is 30.2. The first-order valence-electron chi connectivity index (χ1n) is 13.4. The Hall–Kier alpha value is -2.96. The molecule has 3 aliphatic rings. The summed E-state index contributed by atoms with van der Waals surface area (Å²) in [6.45, 7) is 0. The van der Waals surface area contributed by atoms with Crippen LogP contribution in [0.25, 0.3) is 0 Å². The Labute approximate surface area is 258 Å². The van der Waals surface area contributed by atoms with Crippen LogP contribution in [0.1, 0.15) is 41.6 Å². The summed E-state index contributed by atoms with van der Waals surface area (Å²) in [5.41, 5.74) is 1.31. The molecule has 2 bridgehead atoms. The molecule has 3 aromatic rings. The van der Waals surface area contributed by atoms with Gasteiger partial charge < -0.3 is 15.3 Å². The molecule has 2 N–H and O–H groups in total. The highest BCUT2D eigenvalue weighted by molar-refractivity contribution is 7.91. The standard InChI is InChI=1S/C29H29Cl2N3O6S2/c1-33(28(36)25-21(30)4-2-5-22(25)31)19-11-7-17(8-12-19)16-23(29(37)38)32-27(35)26-18-9-13-20(14-10-18)34(26)42(39,40)24-6-3-15-41-24/h2-8,11-12,15,18,20,23,26H,9-10,13-14,16H2,1H3,(H,32,35)(H,37,38). The maximum atomic E-state index is 13.6. The third-order valence-electron chi connectivity index (χ3n) is 7.98. The van der Waals surface area contributed by atoms with Gasteiger partial charge in [0.25, 0.3) is 15.9 Å². The SMILES string of the molecule is CN(C(=O)c1c(Cl)cccc1Cl)c1ccc(CC(NC(=O)C2C3CCC(CC3)N2S(=O)(=O)c2cccs2)C(=O)O)cc1. The van der Waals surface area contributed by atoms with Gasteiger partial charge in [0.1, 0.15) is 16.3 Å². The van der Waals surface area contributed by atoms with Gasteiger partial charge in [0.05, 0.1) is 15.6 Å². The molecular formula is C29H29Cl2N3O6S2. The molecule has 0 spiro atoms. The van der Waals surface area contributed by atoms with Gasteiger partial charge in [-0.15, -0.1) is 11.3 Å². The van der Waals surface area contributed by atoms with Gasteiger partial charge in [0, 0.05) is 25.2 Å². The van der Waals surface area contributed by atoms with Gasteiger partial charge in [-0.1, -0.05) is 47.5 Å². The fourth-order valence-corrected chi connectivity index (χ4v) is 9.38. The third-order valence-corrected chi connectivity index (χ3v) is 11.9. The molecule has 3 heterocycles. The van der Waals surface area contributed by atoms with E-state index in [1.165, 1.54) is 15.3 Å². The number of nitrogens with one attached hydrogen (secondary N) is 1. The zero-order valence-corrected chi connectivity index (χ0v) is 25.7. The number of aliphatic carboxylic acids is 1. The Morgan fingerprint density at radius 3 is 2.24 bits per heavy atom. The first-order valence-corrected chi connectivity index (χ1v) is 16.5. The predicted molar refractivity (Wildman–Crippen MR) is 162 cm³/mol. The van der Waals surface area contributed by atoms with E-state index in [4.69, 9.17) is 23.2 Å². The van der Waals surface area contributed by atoms with Crippen LogP contribution in [0.5, 0.6) is 0 Å². The van der Waals surface area contributed by atoms with Crippen molar-refractivity contribution in [2.45, 2.75) is 54.4 Å². The Bertz CT molecular complexity index is 1570. The highest BCUT2D eigenvalue weighted by Gasteiger charge is 2.51.